The fourth-order valence-corrected chi connectivity index (χ4v) is 8.09. The summed E-state index contributed by atoms with van der Waals surface area (Å²) in [4.78, 5) is 39.8. The van der Waals surface area contributed by atoms with Crippen LogP contribution in [0.1, 0.15) is 213 Å². The van der Waals surface area contributed by atoms with Gasteiger partial charge in [0.15, 0.2) is 0 Å². The predicted octanol–water partition coefficient (Wildman–Crippen LogP) is 15.8. The molecule has 0 spiro atoms. The van der Waals surface area contributed by atoms with Crippen molar-refractivity contribution in [2.75, 3.05) is 40.9 Å². The Bertz CT molecular complexity index is 1510. The van der Waals surface area contributed by atoms with Gasteiger partial charge in [0, 0.05) is 12.8 Å². The molecule has 0 radical (unpaired) electrons. The molecule has 9 nitrogen and oxygen atoms in total. The highest BCUT2D eigenvalue weighted by Gasteiger charge is 2.27. The largest absolute Gasteiger partial charge is 0.756 e. The Kier molecular flexibility index (Phi) is 46.4. The number of hydrogen-bond donors (Lipinski definition) is 1. The second-order valence-electron chi connectivity index (χ2n) is 19.5. The highest BCUT2D eigenvalue weighted by atomic mass is 31.2. The Labute approximate surface area is 424 Å². The molecule has 0 bridgehead atoms. The molecule has 0 aliphatic rings. The minimum absolute atomic E-state index is 0.0373. The first-order chi connectivity index (χ1) is 33.4. The number of likely N-dealkylation sites (N-methyl/N-ethyl adjacent to an activating group) is 1. The molecule has 0 aliphatic carbocycles. The molecule has 1 N–H and O–H groups in total. The van der Waals surface area contributed by atoms with E-state index in [1.807, 2.05) is 88.0 Å². The molecule has 1 amide bonds. The summed E-state index contributed by atoms with van der Waals surface area (Å²) in [6.45, 7) is 6.62. The van der Waals surface area contributed by atoms with Gasteiger partial charge in [0.25, 0.3) is 7.82 Å². The maximum Gasteiger partial charge on any atom is 0.306 e. The van der Waals surface area contributed by atoms with Gasteiger partial charge in [-0.2, -0.15) is 0 Å². The second kappa shape index (κ2) is 48.6. The summed E-state index contributed by atoms with van der Waals surface area (Å²) < 4.78 is 30.1. The zero-order valence-corrected chi connectivity index (χ0v) is 45.9. The standard InChI is InChI=1S/C59H103N2O7P/c1-7-10-13-16-19-22-25-28-30-31-32-34-37-40-43-46-49-52-59(63)68-57(50-47-44-41-38-35-27-24-21-18-15-12-9-3)56(55-67-69(64,65)66-54-53-61(4,5)6)60-58(62)51-48-45-42-39-36-33-29-26-23-20-17-14-11-8-2/h10,13,16,19,22,25,28,30-34,36-37,47,50,56-57H,7-9,11-12,14-15,17-18,20-21,23-24,26-27,29,35,38-46,48-49,51-55H2,1-6H3,(H-,60,62,64,65)/b13-10-,19-16+,25-22+,30-28-,32-31+,36-33-,37-34+,50-47+. The van der Waals surface area contributed by atoms with Crippen molar-refractivity contribution in [1.82, 2.24) is 5.32 Å². The minimum atomic E-state index is -4.71. The van der Waals surface area contributed by atoms with E-state index in [0.717, 1.165) is 70.6 Å². The van der Waals surface area contributed by atoms with Gasteiger partial charge in [-0.05, 0) is 76.7 Å². The first-order valence-electron chi connectivity index (χ1n) is 27.6. The van der Waals surface area contributed by atoms with Crippen molar-refractivity contribution < 1.29 is 37.3 Å². The smallest absolute Gasteiger partial charge is 0.306 e. The molecule has 0 fully saturated rings. The lowest BCUT2D eigenvalue weighted by molar-refractivity contribution is -0.870. The molecule has 0 aliphatic heterocycles. The summed E-state index contributed by atoms with van der Waals surface area (Å²) in [7, 11) is 1.13. The first-order valence-corrected chi connectivity index (χ1v) is 29.1. The van der Waals surface area contributed by atoms with Gasteiger partial charge in [0.1, 0.15) is 19.3 Å². The molecular weight excluding hydrogens is 880 g/mol. The van der Waals surface area contributed by atoms with Gasteiger partial charge in [-0.3, -0.25) is 14.2 Å². The quantitative estimate of drug-likeness (QED) is 0.0161. The zero-order valence-electron chi connectivity index (χ0n) is 45.0. The summed E-state index contributed by atoms with van der Waals surface area (Å²) in [5, 5.41) is 2.99. The Morgan fingerprint density at radius 3 is 1.43 bits per heavy atom. The van der Waals surface area contributed by atoms with Gasteiger partial charge >= 0.3 is 5.97 Å². The molecule has 0 aromatic carbocycles. The minimum Gasteiger partial charge on any atom is -0.756 e. The zero-order chi connectivity index (χ0) is 50.8. The number of nitrogens with zero attached hydrogens (tertiary/aromatic N) is 1. The molecular formula is C59H103N2O7P. The molecule has 0 saturated carbocycles. The molecule has 396 valence electrons. The van der Waals surface area contributed by atoms with E-state index in [1.165, 1.54) is 96.3 Å². The van der Waals surface area contributed by atoms with Crippen LogP contribution in [0.25, 0.3) is 0 Å². The van der Waals surface area contributed by atoms with E-state index in [1.54, 1.807) is 6.08 Å². The lowest BCUT2D eigenvalue weighted by atomic mass is 10.1. The summed E-state index contributed by atoms with van der Waals surface area (Å²) in [5.41, 5.74) is 0. The number of hydrogen-bond acceptors (Lipinski definition) is 7. The van der Waals surface area contributed by atoms with Crippen molar-refractivity contribution in [3.05, 3.63) is 97.2 Å². The Hall–Kier alpha value is -3.07. The van der Waals surface area contributed by atoms with Crippen LogP contribution in [0.3, 0.4) is 0 Å². The number of allylic oxidation sites excluding steroid dienone is 15. The van der Waals surface area contributed by atoms with Crippen LogP contribution in [0.5, 0.6) is 0 Å². The van der Waals surface area contributed by atoms with Crippen LogP contribution in [0.2, 0.25) is 0 Å². The molecule has 0 saturated heterocycles. The van der Waals surface area contributed by atoms with Gasteiger partial charge < -0.3 is 28.5 Å². The molecule has 10 heteroatoms. The maximum atomic E-state index is 13.4. The number of ether oxygens (including phenoxy) is 1. The lowest BCUT2D eigenvalue weighted by Crippen LogP contribution is -2.47. The Morgan fingerprint density at radius 1 is 0.522 bits per heavy atom. The first kappa shape index (κ1) is 65.9. The Morgan fingerprint density at radius 2 is 0.942 bits per heavy atom. The number of carbonyl (C=O) groups is 2. The van der Waals surface area contributed by atoms with Crippen molar-refractivity contribution in [2.45, 2.75) is 226 Å². The van der Waals surface area contributed by atoms with E-state index in [4.69, 9.17) is 13.8 Å². The monoisotopic (exact) mass is 983 g/mol. The van der Waals surface area contributed by atoms with Crippen LogP contribution in [0, 0.1) is 0 Å². The summed E-state index contributed by atoms with van der Waals surface area (Å²) in [5.74, 6) is -0.618. The second-order valence-corrected chi connectivity index (χ2v) is 20.9. The molecule has 0 rings (SSSR count). The Balaban J connectivity index is 5.52. The number of rotatable bonds is 48. The third-order valence-electron chi connectivity index (χ3n) is 11.7. The van der Waals surface area contributed by atoms with Gasteiger partial charge in [0.05, 0.1) is 33.8 Å². The van der Waals surface area contributed by atoms with Crippen LogP contribution in [-0.2, 0) is 27.9 Å². The van der Waals surface area contributed by atoms with Crippen molar-refractivity contribution in [3.63, 3.8) is 0 Å². The summed E-state index contributed by atoms with van der Waals surface area (Å²) in [6, 6.07) is -0.918. The van der Waals surface area contributed by atoms with E-state index in [2.05, 4.69) is 50.4 Å². The van der Waals surface area contributed by atoms with Crippen LogP contribution in [-0.4, -0.2) is 69.4 Å². The highest BCUT2D eigenvalue weighted by molar-refractivity contribution is 7.45. The normalized spacial score (nSPS) is 14.6. The van der Waals surface area contributed by atoms with Crippen LogP contribution in [0.15, 0.2) is 97.2 Å². The topological polar surface area (TPSA) is 114 Å². The molecule has 0 heterocycles. The molecule has 3 unspecified atom stereocenters. The van der Waals surface area contributed by atoms with Crippen molar-refractivity contribution in [1.29, 1.82) is 0 Å². The van der Waals surface area contributed by atoms with E-state index in [0.29, 0.717) is 23.9 Å². The van der Waals surface area contributed by atoms with Crippen LogP contribution < -0.4 is 10.2 Å². The maximum absolute atomic E-state index is 13.4. The number of esters is 1. The van der Waals surface area contributed by atoms with Crippen LogP contribution in [0.4, 0.5) is 0 Å². The highest BCUT2D eigenvalue weighted by Crippen LogP contribution is 2.38. The summed E-state index contributed by atoms with van der Waals surface area (Å²) in [6.07, 6.45) is 63.7. The van der Waals surface area contributed by atoms with Gasteiger partial charge in [-0.25, -0.2) is 0 Å². The van der Waals surface area contributed by atoms with Crippen molar-refractivity contribution in [3.8, 4) is 0 Å². The van der Waals surface area contributed by atoms with Gasteiger partial charge in [-0.1, -0.05) is 221 Å². The summed E-state index contributed by atoms with van der Waals surface area (Å²) >= 11 is 0. The average Bonchev–Trinajstić information content (AvgIpc) is 3.31. The molecule has 0 aromatic heterocycles. The van der Waals surface area contributed by atoms with Gasteiger partial charge in [-0.15, -0.1) is 0 Å². The van der Waals surface area contributed by atoms with Crippen molar-refractivity contribution >= 4 is 19.7 Å². The molecule has 3 atom stereocenters. The number of quaternary nitrogens is 1. The third-order valence-corrected chi connectivity index (χ3v) is 12.6. The van der Waals surface area contributed by atoms with E-state index < -0.39 is 26.6 Å². The number of phosphoric ester groups is 1. The number of nitrogens with one attached hydrogen (secondary N) is 1. The SMILES string of the molecule is CC\C=C/C=C/C=C/C=C\C=C\C=C\CCCCCC(=O)OC(/C=C/CCCCCCCCCCCC)C(COP(=O)([O-])OCC[N+](C)(C)C)NC(=O)CCCCC/C=C\CCCCCCCCC. The fourth-order valence-electron chi connectivity index (χ4n) is 7.37. The van der Waals surface area contributed by atoms with E-state index >= 15 is 0 Å². The predicted molar refractivity (Wildman–Crippen MR) is 293 cm³/mol. The van der Waals surface area contributed by atoms with E-state index in [-0.39, 0.29) is 31.3 Å². The van der Waals surface area contributed by atoms with Crippen LogP contribution >= 0.6 is 7.82 Å². The number of carbonyl (C=O) groups excluding carboxylic acids is 2. The van der Waals surface area contributed by atoms with Gasteiger partial charge in [0.2, 0.25) is 5.91 Å². The number of unbranched alkanes of at least 4 members (excludes halogenated alkanes) is 23. The molecule has 69 heavy (non-hydrogen) atoms. The third kappa shape index (κ3) is 49.7. The molecule has 0 aromatic rings. The van der Waals surface area contributed by atoms with Crippen molar-refractivity contribution in [2.24, 2.45) is 0 Å². The number of phosphoric acid groups is 1. The fraction of sp³-hybridized carbons (Fsp3) is 0.695. The number of amides is 1. The van der Waals surface area contributed by atoms with E-state index in [9.17, 15) is 19.0 Å². The lowest BCUT2D eigenvalue weighted by Gasteiger charge is -2.30. The average molecular weight is 983 g/mol.